The van der Waals surface area contributed by atoms with Crippen LogP contribution in [0.15, 0.2) is 24.3 Å². The van der Waals surface area contributed by atoms with Crippen molar-refractivity contribution in [1.82, 2.24) is 4.90 Å². The summed E-state index contributed by atoms with van der Waals surface area (Å²) in [6.07, 6.45) is 2.08. The lowest BCUT2D eigenvalue weighted by Crippen LogP contribution is -2.52. The average Bonchev–Trinajstić information content (AvgIpc) is 2.44. The molecule has 1 aromatic carbocycles. The zero-order valence-corrected chi connectivity index (χ0v) is 11.7. The van der Waals surface area contributed by atoms with Gasteiger partial charge in [0.25, 0.3) is 5.91 Å². The van der Waals surface area contributed by atoms with Gasteiger partial charge in [0, 0.05) is 25.2 Å². The van der Waals surface area contributed by atoms with E-state index in [1.54, 1.807) is 17.0 Å². The fourth-order valence-corrected chi connectivity index (χ4v) is 2.70. The summed E-state index contributed by atoms with van der Waals surface area (Å²) in [6, 6.07) is 5.88. The molecule has 1 saturated heterocycles. The van der Waals surface area contributed by atoms with Crippen LogP contribution in [0.3, 0.4) is 0 Å². The predicted molar refractivity (Wildman–Crippen MR) is 74.8 cm³/mol. The number of hydrogen-bond acceptors (Lipinski definition) is 3. The molecule has 0 aliphatic carbocycles. The summed E-state index contributed by atoms with van der Waals surface area (Å²) in [5.74, 6) is 0.317. The average molecular weight is 280 g/mol. The second kappa shape index (κ2) is 6.70. The van der Waals surface area contributed by atoms with Crippen LogP contribution in [0.4, 0.5) is 4.39 Å². The maximum absolute atomic E-state index is 13.0. The Bertz CT molecular complexity index is 467. The molecule has 110 valence electrons. The van der Waals surface area contributed by atoms with Crippen molar-refractivity contribution >= 4 is 5.91 Å². The third-order valence-corrected chi connectivity index (χ3v) is 3.84. The third kappa shape index (κ3) is 3.48. The molecule has 1 fully saturated rings. The number of rotatable bonds is 4. The topological polar surface area (TPSA) is 55.6 Å². The van der Waals surface area contributed by atoms with Crippen LogP contribution >= 0.6 is 0 Å². The summed E-state index contributed by atoms with van der Waals surface area (Å²) in [7, 11) is 0. The second-order valence-electron chi connectivity index (χ2n) is 5.26. The molecule has 1 aromatic rings. The Morgan fingerprint density at radius 3 is 3.05 bits per heavy atom. The first-order chi connectivity index (χ1) is 9.61. The van der Waals surface area contributed by atoms with Crippen molar-refractivity contribution in [3.05, 3.63) is 30.1 Å². The van der Waals surface area contributed by atoms with Gasteiger partial charge in [-0.2, -0.15) is 0 Å². The normalized spacial score (nSPS) is 22.6. The molecule has 4 nitrogen and oxygen atoms in total. The largest absolute Gasteiger partial charge is 0.484 e. The van der Waals surface area contributed by atoms with E-state index in [1.165, 1.54) is 12.1 Å². The highest BCUT2D eigenvalue weighted by atomic mass is 19.1. The molecule has 20 heavy (non-hydrogen) atoms. The van der Waals surface area contributed by atoms with Crippen LogP contribution in [0, 0.1) is 11.7 Å². The Labute approximate surface area is 118 Å². The number of nitrogens with zero attached hydrogens (tertiary/aromatic N) is 1. The summed E-state index contributed by atoms with van der Waals surface area (Å²) in [4.78, 5) is 14.0. The Balaban J connectivity index is 1.93. The highest BCUT2D eigenvalue weighted by Gasteiger charge is 2.30. The monoisotopic (exact) mass is 280 g/mol. The first-order valence-electron chi connectivity index (χ1n) is 6.99. The number of benzene rings is 1. The van der Waals surface area contributed by atoms with E-state index in [0.717, 1.165) is 19.4 Å². The van der Waals surface area contributed by atoms with Crippen LogP contribution in [0.2, 0.25) is 0 Å². The number of piperidine rings is 1. The number of hydrogen-bond donors (Lipinski definition) is 1. The van der Waals surface area contributed by atoms with Crippen LogP contribution in [0.5, 0.6) is 5.75 Å². The number of likely N-dealkylation sites (tertiary alicyclic amines) is 1. The highest BCUT2D eigenvalue weighted by molar-refractivity contribution is 5.78. The molecule has 0 radical (unpaired) electrons. The minimum absolute atomic E-state index is 0.0763. The molecule has 1 amide bonds. The van der Waals surface area contributed by atoms with Crippen molar-refractivity contribution in [3.8, 4) is 5.75 Å². The Hall–Kier alpha value is -1.62. The molecule has 2 atom stereocenters. The van der Waals surface area contributed by atoms with Crippen molar-refractivity contribution < 1.29 is 13.9 Å². The lowest BCUT2D eigenvalue weighted by atomic mass is 9.91. The fourth-order valence-electron chi connectivity index (χ4n) is 2.70. The van der Waals surface area contributed by atoms with E-state index < -0.39 is 0 Å². The summed E-state index contributed by atoms with van der Waals surface area (Å²) in [5, 5.41) is 0. The van der Waals surface area contributed by atoms with Gasteiger partial charge in [0.15, 0.2) is 6.61 Å². The molecule has 2 N–H and O–H groups in total. The third-order valence-electron chi connectivity index (χ3n) is 3.84. The van der Waals surface area contributed by atoms with E-state index in [9.17, 15) is 9.18 Å². The molecular formula is C15H21FN2O2. The number of amides is 1. The number of ether oxygens (including phenoxy) is 1. The number of carbonyl (C=O) groups excluding carboxylic acids is 1. The van der Waals surface area contributed by atoms with Crippen LogP contribution in [-0.2, 0) is 4.79 Å². The molecule has 0 saturated carbocycles. The van der Waals surface area contributed by atoms with Crippen molar-refractivity contribution in [2.45, 2.75) is 25.8 Å². The summed E-state index contributed by atoms with van der Waals surface area (Å²) in [5.41, 5.74) is 5.76. The van der Waals surface area contributed by atoms with Gasteiger partial charge in [-0.25, -0.2) is 4.39 Å². The maximum Gasteiger partial charge on any atom is 0.260 e. The van der Waals surface area contributed by atoms with Gasteiger partial charge in [-0.15, -0.1) is 0 Å². The summed E-state index contributed by atoms with van der Waals surface area (Å²) >= 11 is 0. The lowest BCUT2D eigenvalue weighted by molar-refractivity contribution is -0.138. The van der Waals surface area contributed by atoms with Crippen molar-refractivity contribution in [3.63, 3.8) is 0 Å². The minimum Gasteiger partial charge on any atom is -0.484 e. The smallest absolute Gasteiger partial charge is 0.260 e. The van der Waals surface area contributed by atoms with Gasteiger partial charge >= 0.3 is 0 Å². The first-order valence-corrected chi connectivity index (χ1v) is 6.99. The molecule has 1 heterocycles. The van der Waals surface area contributed by atoms with Gasteiger partial charge in [0.1, 0.15) is 11.6 Å². The molecule has 1 aliphatic heterocycles. The number of carbonyl (C=O) groups is 1. The maximum atomic E-state index is 13.0. The van der Waals surface area contributed by atoms with E-state index >= 15 is 0 Å². The van der Waals surface area contributed by atoms with Gasteiger partial charge in [-0.3, -0.25) is 4.79 Å². The van der Waals surface area contributed by atoms with Crippen molar-refractivity contribution in [1.29, 1.82) is 0 Å². The first kappa shape index (κ1) is 14.8. The standard InChI is InChI=1S/C15H21FN2O2/c1-11-4-3-7-18(14(11)9-17)15(19)10-20-13-6-2-5-12(16)8-13/h2,5-6,8,11,14H,3-4,7,9-10,17H2,1H3/t11-,14+/m1/s1. The number of halogens is 1. The van der Waals surface area contributed by atoms with E-state index in [2.05, 4.69) is 6.92 Å². The highest BCUT2D eigenvalue weighted by Crippen LogP contribution is 2.23. The lowest BCUT2D eigenvalue weighted by Gasteiger charge is -2.39. The van der Waals surface area contributed by atoms with Crippen molar-refractivity contribution in [2.24, 2.45) is 11.7 Å². The van der Waals surface area contributed by atoms with Crippen LogP contribution in [0.1, 0.15) is 19.8 Å². The van der Waals surface area contributed by atoms with Crippen LogP contribution in [-0.4, -0.2) is 36.5 Å². The minimum atomic E-state index is -0.374. The van der Waals surface area contributed by atoms with E-state index in [0.29, 0.717) is 18.2 Å². The van der Waals surface area contributed by atoms with Crippen LogP contribution in [0.25, 0.3) is 0 Å². The Kier molecular flexibility index (Phi) is 4.95. The molecule has 5 heteroatoms. The van der Waals surface area contributed by atoms with Crippen LogP contribution < -0.4 is 10.5 Å². The molecular weight excluding hydrogens is 259 g/mol. The SMILES string of the molecule is C[C@@H]1CCCN(C(=O)COc2cccc(F)c2)[C@H]1CN. The molecule has 1 aliphatic rings. The fraction of sp³-hybridized carbons (Fsp3) is 0.533. The molecule has 0 unspecified atom stereocenters. The van der Waals surface area contributed by atoms with E-state index in [4.69, 9.17) is 10.5 Å². The summed E-state index contributed by atoms with van der Waals surface area (Å²) < 4.78 is 18.4. The second-order valence-corrected chi connectivity index (χ2v) is 5.26. The molecule has 0 bridgehead atoms. The van der Waals surface area contributed by atoms with Gasteiger partial charge in [-0.05, 0) is 30.9 Å². The van der Waals surface area contributed by atoms with Crippen molar-refractivity contribution in [2.75, 3.05) is 19.7 Å². The zero-order chi connectivity index (χ0) is 14.5. The molecule has 0 spiro atoms. The zero-order valence-electron chi connectivity index (χ0n) is 11.7. The Morgan fingerprint density at radius 1 is 1.55 bits per heavy atom. The summed E-state index contributed by atoms with van der Waals surface area (Å²) in [6.45, 7) is 3.22. The van der Waals surface area contributed by atoms with Gasteiger partial charge in [0.05, 0.1) is 0 Å². The quantitative estimate of drug-likeness (QED) is 0.915. The molecule has 0 aromatic heterocycles. The molecule has 2 rings (SSSR count). The van der Waals surface area contributed by atoms with Gasteiger partial charge < -0.3 is 15.4 Å². The Morgan fingerprint density at radius 2 is 2.35 bits per heavy atom. The predicted octanol–water partition coefficient (Wildman–Crippen LogP) is 1.79. The van der Waals surface area contributed by atoms with Gasteiger partial charge in [-0.1, -0.05) is 13.0 Å². The van der Waals surface area contributed by atoms with E-state index in [1.807, 2.05) is 0 Å². The van der Waals surface area contributed by atoms with Gasteiger partial charge in [0.2, 0.25) is 0 Å². The van der Waals surface area contributed by atoms with E-state index in [-0.39, 0.29) is 24.4 Å². The number of nitrogens with two attached hydrogens (primary N) is 1.